The maximum absolute atomic E-state index is 11.9. The molecule has 1 aromatic rings. The van der Waals surface area contributed by atoms with Crippen molar-refractivity contribution in [3.63, 3.8) is 0 Å². The highest BCUT2D eigenvalue weighted by Gasteiger charge is 2.22. The molecule has 1 N–H and O–H groups in total. The van der Waals surface area contributed by atoms with Gasteiger partial charge in [0.2, 0.25) is 0 Å². The number of hydrogen-bond donors (Lipinski definition) is 1. The van der Waals surface area contributed by atoms with Crippen LogP contribution in [-0.2, 0) is 28.9 Å². The van der Waals surface area contributed by atoms with Gasteiger partial charge in [0.25, 0.3) is 0 Å². The fraction of sp³-hybridized carbons (Fsp3) is 0.750. The second-order valence-electron chi connectivity index (χ2n) is 6.10. The predicted octanol–water partition coefficient (Wildman–Crippen LogP) is 2.00. The van der Waals surface area contributed by atoms with Gasteiger partial charge in [0, 0.05) is 18.3 Å². The van der Waals surface area contributed by atoms with Crippen LogP contribution in [0.1, 0.15) is 50.3 Å². The van der Waals surface area contributed by atoms with Gasteiger partial charge in [0.05, 0.1) is 12.8 Å². The van der Waals surface area contributed by atoms with E-state index >= 15 is 0 Å². The molecule has 0 amide bonds. The first-order valence-corrected chi connectivity index (χ1v) is 7.91. The van der Waals surface area contributed by atoms with Crippen molar-refractivity contribution in [2.45, 2.75) is 71.5 Å². The molecule has 0 saturated heterocycles. The Bertz CT molecular complexity index is 494. The van der Waals surface area contributed by atoms with E-state index in [9.17, 15) is 4.79 Å². The lowest BCUT2D eigenvalue weighted by Crippen LogP contribution is -2.42. The molecular weight excluding hydrogens is 266 g/mol. The molecule has 0 aliphatic heterocycles. The molecule has 1 aromatic heterocycles. The second kappa shape index (κ2) is 7.07. The van der Waals surface area contributed by atoms with Crippen molar-refractivity contribution in [3.05, 3.63) is 17.2 Å². The Kier molecular flexibility index (Phi) is 5.39. The first kappa shape index (κ1) is 16.0. The minimum absolute atomic E-state index is 0.185. The third kappa shape index (κ3) is 3.84. The van der Waals surface area contributed by atoms with Crippen LogP contribution in [0.4, 0.5) is 0 Å². The van der Waals surface area contributed by atoms with Crippen LogP contribution in [0.25, 0.3) is 0 Å². The van der Waals surface area contributed by atoms with Crippen LogP contribution < -0.4 is 5.32 Å². The molecule has 1 atom stereocenters. The van der Waals surface area contributed by atoms with E-state index in [1.54, 1.807) is 0 Å². The monoisotopic (exact) mass is 293 g/mol. The Labute approximate surface area is 127 Å². The molecule has 1 aliphatic carbocycles. The van der Waals surface area contributed by atoms with Crippen molar-refractivity contribution in [1.82, 2.24) is 14.9 Å². The molecule has 1 aliphatic rings. The number of hydrogen-bond acceptors (Lipinski definition) is 4. The normalized spacial score (nSPS) is 15.9. The SMILES string of the molecule is COC(=O)C(CCn1c(C)nc2c1CCCC2)NC(C)C. The molecule has 0 radical (unpaired) electrons. The van der Waals surface area contributed by atoms with Crippen LogP contribution in [0.2, 0.25) is 0 Å². The summed E-state index contributed by atoms with van der Waals surface area (Å²) < 4.78 is 7.18. The van der Waals surface area contributed by atoms with Crippen LogP contribution >= 0.6 is 0 Å². The Balaban J connectivity index is 2.06. The number of methoxy groups -OCH3 is 1. The van der Waals surface area contributed by atoms with Gasteiger partial charge in [0.1, 0.15) is 11.9 Å². The summed E-state index contributed by atoms with van der Waals surface area (Å²) in [5.41, 5.74) is 2.62. The van der Waals surface area contributed by atoms with E-state index in [0.717, 1.165) is 31.6 Å². The highest BCUT2D eigenvalue weighted by atomic mass is 16.5. The van der Waals surface area contributed by atoms with Gasteiger partial charge < -0.3 is 14.6 Å². The summed E-state index contributed by atoms with van der Waals surface area (Å²) in [4.78, 5) is 16.6. The summed E-state index contributed by atoms with van der Waals surface area (Å²) in [6, 6.07) is 0.00272. The molecule has 5 nitrogen and oxygen atoms in total. The molecule has 0 fully saturated rings. The molecule has 1 heterocycles. The third-order valence-corrected chi connectivity index (χ3v) is 4.09. The quantitative estimate of drug-likeness (QED) is 0.815. The van der Waals surface area contributed by atoms with Crippen molar-refractivity contribution >= 4 is 5.97 Å². The lowest BCUT2D eigenvalue weighted by atomic mass is 10.0. The average molecular weight is 293 g/mol. The number of aromatic nitrogens is 2. The Morgan fingerprint density at radius 1 is 1.38 bits per heavy atom. The summed E-state index contributed by atoms with van der Waals surface area (Å²) in [5, 5.41) is 3.28. The van der Waals surface area contributed by atoms with Gasteiger partial charge >= 0.3 is 5.97 Å². The molecule has 118 valence electrons. The average Bonchev–Trinajstić information content (AvgIpc) is 2.77. The number of nitrogens with zero attached hydrogens (tertiary/aromatic N) is 2. The van der Waals surface area contributed by atoms with Gasteiger partial charge in [-0.15, -0.1) is 0 Å². The van der Waals surface area contributed by atoms with Crippen LogP contribution in [0.5, 0.6) is 0 Å². The summed E-state index contributed by atoms with van der Waals surface area (Å²) in [7, 11) is 1.45. The number of carbonyl (C=O) groups is 1. The molecule has 5 heteroatoms. The number of ether oxygens (including phenoxy) is 1. The summed E-state index contributed by atoms with van der Waals surface area (Å²) >= 11 is 0. The standard InChI is InChI=1S/C16H27N3O2/c1-11(2)17-14(16(20)21-4)9-10-19-12(3)18-13-7-5-6-8-15(13)19/h11,14,17H,5-10H2,1-4H3. The minimum atomic E-state index is -0.254. The largest absolute Gasteiger partial charge is 0.468 e. The minimum Gasteiger partial charge on any atom is -0.468 e. The topological polar surface area (TPSA) is 56.2 Å². The number of aryl methyl sites for hydroxylation is 2. The number of carbonyl (C=O) groups excluding carboxylic acids is 1. The Hall–Kier alpha value is -1.36. The third-order valence-electron chi connectivity index (χ3n) is 4.09. The van der Waals surface area contributed by atoms with E-state index in [1.165, 1.54) is 31.3 Å². The molecule has 1 unspecified atom stereocenters. The van der Waals surface area contributed by atoms with E-state index < -0.39 is 0 Å². The van der Waals surface area contributed by atoms with Crippen molar-refractivity contribution < 1.29 is 9.53 Å². The van der Waals surface area contributed by atoms with Gasteiger partial charge in [-0.1, -0.05) is 13.8 Å². The van der Waals surface area contributed by atoms with Crippen molar-refractivity contribution in [2.24, 2.45) is 0 Å². The number of esters is 1. The molecule has 0 aromatic carbocycles. The van der Waals surface area contributed by atoms with Gasteiger partial charge in [-0.05, 0) is 39.0 Å². The van der Waals surface area contributed by atoms with E-state index in [4.69, 9.17) is 4.74 Å². The summed E-state index contributed by atoms with van der Waals surface area (Å²) in [6.07, 6.45) is 5.41. The van der Waals surface area contributed by atoms with E-state index in [2.05, 4.69) is 21.8 Å². The van der Waals surface area contributed by atoms with Gasteiger partial charge in [0.15, 0.2) is 0 Å². The van der Waals surface area contributed by atoms with E-state index in [-0.39, 0.29) is 18.1 Å². The van der Waals surface area contributed by atoms with E-state index in [0.29, 0.717) is 0 Å². The number of fused-ring (bicyclic) bond motifs is 1. The summed E-state index contributed by atoms with van der Waals surface area (Å²) in [5.74, 6) is 0.880. The molecule has 21 heavy (non-hydrogen) atoms. The maximum Gasteiger partial charge on any atom is 0.322 e. The van der Waals surface area contributed by atoms with Gasteiger partial charge in [-0.2, -0.15) is 0 Å². The molecule has 0 bridgehead atoms. The zero-order valence-corrected chi connectivity index (χ0v) is 13.6. The van der Waals surface area contributed by atoms with E-state index in [1.807, 2.05) is 13.8 Å². The zero-order valence-electron chi connectivity index (χ0n) is 13.6. The molecule has 0 spiro atoms. The smallest absolute Gasteiger partial charge is 0.322 e. The van der Waals surface area contributed by atoms with Gasteiger partial charge in [-0.25, -0.2) is 4.98 Å². The fourth-order valence-corrected chi connectivity index (χ4v) is 3.10. The maximum atomic E-state index is 11.9. The number of rotatable bonds is 6. The lowest BCUT2D eigenvalue weighted by molar-refractivity contribution is -0.143. The zero-order chi connectivity index (χ0) is 15.4. The predicted molar refractivity (Wildman–Crippen MR) is 82.3 cm³/mol. The van der Waals surface area contributed by atoms with Crippen LogP contribution in [0.15, 0.2) is 0 Å². The lowest BCUT2D eigenvalue weighted by Gasteiger charge is -2.21. The Morgan fingerprint density at radius 2 is 2.10 bits per heavy atom. The molecule has 0 saturated carbocycles. The molecule has 2 rings (SSSR count). The van der Waals surface area contributed by atoms with Crippen LogP contribution in [0.3, 0.4) is 0 Å². The summed E-state index contributed by atoms with van der Waals surface area (Å²) in [6.45, 7) is 6.95. The second-order valence-corrected chi connectivity index (χ2v) is 6.10. The number of imidazole rings is 1. The van der Waals surface area contributed by atoms with Crippen molar-refractivity contribution in [3.8, 4) is 0 Å². The first-order chi connectivity index (χ1) is 10.0. The highest BCUT2D eigenvalue weighted by Crippen LogP contribution is 2.22. The van der Waals surface area contributed by atoms with Crippen LogP contribution in [-0.4, -0.2) is 34.7 Å². The number of nitrogens with one attached hydrogen (secondary N) is 1. The fourth-order valence-electron chi connectivity index (χ4n) is 3.10. The first-order valence-electron chi connectivity index (χ1n) is 7.91. The van der Waals surface area contributed by atoms with Crippen molar-refractivity contribution in [1.29, 1.82) is 0 Å². The Morgan fingerprint density at radius 3 is 2.76 bits per heavy atom. The van der Waals surface area contributed by atoms with Crippen molar-refractivity contribution in [2.75, 3.05) is 7.11 Å². The molecular formula is C16H27N3O2. The van der Waals surface area contributed by atoms with Gasteiger partial charge in [-0.3, -0.25) is 4.79 Å². The highest BCUT2D eigenvalue weighted by molar-refractivity contribution is 5.75. The van der Waals surface area contributed by atoms with Crippen LogP contribution in [0, 0.1) is 6.92 Å².